The molecule has 0 aliphatic rings. The molecule has 0 bridgehead atoms. The van der Waals surface area contributed by atoms with Crippen molar-refractivity contribution >= 4 is 27.5 Å². The summed E-state index contributed by atoms with van der Waals surface area (Å²) in [6.45, 7) is 0.554. The number of rotatable bonds is 3. The van der Waals surface area contributed by atoms with Crippen LogP contribution in [-0.2, 0) is 11.3 Å². The van der Waals surface area contributed by atoms with E-state index in [1.807, 2.05) is 25.2 Å². The van der Waals surface area contributed by atoms with Gasteiger partial charge in [-0.3, -0.25) is 0 Å². The predicted molar refractivity (Wildman–Crippen MR) is 79.5 cm³/mol. The van der Waals surface area contributed by atoms with Gasteiger partial charge in [0.1, 0.15) is 0 Å². The summed E-state index contributed by atoms with van der Waals surface area (Å²) >= 11 is 0. The third kappa shape index (κ3) is 2.02. The Morgan fingerprint density at radius 2 is 1.95 bits per heavy atom. The van der Waals surface area contributed by atoms with Crippen molar-refractivity contribution in [2.24, 2.45) is 0 Å². The van der Waals surface area contributed by atoms with Gasteiger partial charge in [0, 0.05) is 36.2 Å². The maximum atomic E-state index is 5.31. The first-order valence-corrected chi connectivity index (χ1v) is 6.31. The molecule has 1 heterocycles. The molecule has 3 aromatic rings. The van der Waals surface area contributed by atoms with E-state index in [1.54, 1.807) is 7.11 Å². The minimum absolute atomic E-state index is 0.554. The van der Waals surface area contributed by atoms with E-state index in [9.17, 15) is 0 Å². The van der Waals surface area contributed by atoms with Crippen molar-refractivity contribution in [3.8, 4) is 0 Å². The van der Waals surface area contributed by atoms with Gasteiger partial charge in [-0.15, -0.1) is 0 Å². The first-order chi connectivity index (χ1) is 9.33. The number of methoxy groups -OCH3 is 1. The van der Waals surface area contributed by atoms with Crippen molar-refractivity contribution in [3.63, 3.8) is 0 Å². The van der Waals surface area contributed by atoms with Gasteiger partial charge in [0.25, 0.3) is 0 Å². The highest BCUT2D eigenvalue weighted by Crippen LogP contribution is 2.28. The highest BCUT2D eigenvalue weighted by Gasteiger charge is 2.09. The molecular weight excluding hydrogens is 236 g/mol. The van der Waals surface area contributed by atoms with Gasteiger partial charge < -0.3 is 10.1 Å². The fraction of sp³-hybridized carbons (Fsp3) is 0.188. The molecule has 3 heteroatoms. The quantitative estimate of drug-likeness (QED) is 0.723. The van der Waals surface area contributed by atoms with Crippen LogP contribution in [0.15, 0.2) is 42.5 Å². The van der Waals surface area contributed by atoms with E-state index in [-0.39, 0.29) is 0 Å². The number of nitrogens with zero attached hydrogens (tertiary/aromatic N) is 1. The van der Waals surface area contributed by atoms with E-state index in [2.05, 4.69) is 29.6 Å². The summed E-state index contributed by atoms with van der Waals surface area (Å²) in [5.41, 5.74) is 4.19. The van der Waals surface area contributed by atoms with Crippen LogP contribution in [0.1, 0.15) is 5.56 Å². The van der Waals surface area contributed by atoms with Gasteiger partial charge >= 0.3 is 0 Å². The molecule has 0 aliphatic heterocycles. The lowest BCUT2D eigenvalue weighted by atomic mass is 10.1. The number of aromatic nitrogens is 1. The van der Waals surface area contributed by atoms with Crippen LogP contribution in [0.25, 0.3) is 21.8 Å². The summed E-state index contributed by atoms with van der Waals surface area (Å²) in [5.74, 6) is 0. The highest BCUT2D eigenvalue weighted by atomic mass is 16.5. The van der Waals surface area contributed by atoms with E-state index in [4.69, 9.17) is 9.72 Å². The smallest absolute Gasteiger partial charge is 0.0785 e. The second kappa shape index (κ2) is 4.86. The van der Waals surface area contributed by atoms with Crippen LogP contribution in [0, 0.1) is 0 Å². The molecule has 96 valence electrons. The van der Waals surface area contributed by atoms with Crippen molar-refractivity contribution < 1.29 is 4.74 Å². The normalized spacial score (nSPS) is 11.1. The first-order valence-electron chi connectivity index (χ1n) is 6.31. The standard InChI is InChI=1S/C16H16N2O/c1-17-15-8-7-12-9-11-5-3-4-6-14(11)18-16(12)13(15)10-19-2/h3-9,17H,10H2,1-2H3. The summed E-state index contributed by atoms with van der Waals surface area (Å²) in [7, 11) is 3.63. The van der Waals surface area contributed by atoms with E-state index >= 15 is 0 Å². The van der Waals surface area contributed by atoms with Gasteiger partial charge in [-0.25, -0.2) is 4.98 Å². The Morgan fingerprint density at radius 3 is 2.74 bits per heavy atom. The second-order valence-corrected chi connectivity index (χ2v) is 4.53. The lowest BCUT2D eigenvalue weighted by Gasteiger charge is -2.12. The van der Waals surface area contributed by atoms with Crippen LogP contribution in [-0.4, -0.2) is 19.1 Å². The van der Waals surface area contributed by atoms with E-state index in [0.717, 1.165) is 33.1 Å². The first kappa shape index (κ1) is 11.9. The number of benzene rings is 2. The molecular formula is C16H16N2O. The molecule has 0 aliphatic carbocycles. The number of anilines is 1. The SMILES string of the molecule is CNc1ccc2cc3ccccc3nc2c1COC. The molecule has 0 radical (unpaired) electrons. The third-order valence-electron chi connectivity index (χ3n) is 3.35. The fourth-order valence-corrected chi connectivity index (χ4v) is 2.43. The zero-order chi connectivity index (χ0) is 13.2. The Hall–Kier alpha value is -2.13. The molecule has 0 atom stereocenters. The number of fused-ring (bicyclic) bond motifs is 2. The third-order valence-corrected chi connectivity index (χ3v) is 3.35. The van der Waals surface area contributed by atoms with Gasteiger partial charge in [-0.1, -0.05) is 24.3 Å². The van der Waals surface area contributed by atoms with Gasteiger partial charge in [0.05, 0.1) is 17.6 Å². The zero-order valence-corrected chi connectivity index (χ0v) is 11.1. The van der Waals surface area contributed by atoms with Crippen molar-refractivity contribution in [1.82, 2.24) is 4.98 Å². The topological polar surface area (TPSA) is 34.2 Å². The van der Waals surface area contributed by atoms with Crippen LogP contribution in [0.5, 0.6) is 0 Å². The van der Waals surface area contributed by atoms with Crippen molar-refractivity contribution in [2.75, 3.05) is 19.5 Å². The summed E-state index contributed by atoms with van der Waals surface area (Å²) < 4.78 is 5.31. The van der Waals surface area contributed by atoms with Gasteiger partial charge in [-0.05, 0) is 18.2 Å². The molecule has 0 amide bonds. The fourth-order valence-electron chi connectivity index (χ4n) is 2.43. The number of hydrogen-bond acceptors (Lipinski definition) is 3. The van der Waals surface area contributed by atoms with Gasteiger partial charge in [0.15, 0.2) is 0 Å². The largest absolute Gasteiger partial charge is 0.388 e. The molecule has 0 fully saturated rings. The number of ether oxygens (including phenoxy) is 1. The lowest BCUT2D eigenvalue weighted by Crippen LogP contribution is -1.99. The summed E-state index contributed by atoms with van der Waals surface area (Å²) in [6, 6.07) is 14.5. The summed E-state index contributed by atoms with van der Waals surface area (Å²) in [5, 5.41) is 5.51. The van der Waals surface area contributed by atoms with Gasteiger partial charge in [0.2, 0.25) is 0 Å². The van der Waals surface area contributed by atoms with Crippen molar-refractivity contribution in [2.45, 2.75) is 6.61 Å². The maximum Gasteiger partial charge on any atom is 0.0785 e. The number of hydrogen-bond donors (Lipinski definition) is 1. The Bertz CT molecular complexity index is 737. The molecule has 2 aromatic carbocycles. The van der Waals surface area contributed by atoms with Crippen molar-refractivity contribution in [3.05, 3.63) is 48.0 Å². The molecule has 19 heavy (non-hydrogen) atoms. The lowest BCUT2D eigenvalue weighted by molar-refractivity contribution is 0.186. The molecule has 0 unspecified atom stereocenters. The maximum absolute atomic E-state index is 5.31. The van der Waals surface area contributed by atoms with E-state index in [1.165, 1.54) is 0 Å². The average molecular weight is 252 g/mol. The molecule has 1 N–H and O–H groups in total. The molecule has 0 spiro atoms. The van der Waals surface area contributed by atoms with Gasteiger partial charge in [-0.2, -0.15) is 0 Å². The molecule has 3 nitrogen and oxygen atoms in total. The predicted octanol–water partition coefficient (Wildman–Crippen LogP) is 3.58. The average Bonchev–Trinajstić information content (AvgIpc) is 2.46. The number of nitrogens with one attached hydrogen (secondary N) is 1. The summed E-state index contributed by atoms with van der Waals surface area (Å²) in [4.78, 5) is 4.78. The van der Waals surface area contributed by atoms with Crippen LogP contribution < -0.4 is 5.32 Å². The number of para-hydroxylation sites is 1. The minimum atomic E-state index is 0.554. The van der Waals surface area contributed by atoms with E-state index < -0.39 is 0 Å². The van der Waals surface area contributed by atoms with Crippen molar-refractivity contribution in [1.29, 1.82) is 0 Å². The van der Waals surface area contributed by atoms with Crippen LogP contribution >= 0.6 is 0 Å². The monoisotopic (exact) mass is 252 g/mol. The number of pyridine rings is 1. The Morgan fingerprint density at radius 1 is 1.11 bits per heavy atom. The van der Waals surface area contributed by atoms with Crippen LogP contribution in [0.4, 0.5) is 5.69 Å². The van der Waals surface area contributed by atoms with Crippen LogP contribution in [0.3, 0.4) is 0 Å². The molecule has 3 rings (SSSR count). The highest BCUT2D eigenvalue weighted by molar-refractivity contribution is 5.96. The summed E-state index contributed by atoms with van der Waals surface area (Å²) in [6.07, 6.45) is 0. The molecule has 1 aromatic heterocycles. The Kier molecular flexibility index (Phi) is 3.05. The molecule has 0 saturated carbocycles. The molecule has 0 saturated heterocycles. The minimum Gasteiger partial charge on any atom is -0.388 e. The Labute approximate surface area is 112 Å². The Balaban J connectivity index is 2.36. The zero-order valence-electron chi connectivity index (χ0n) is 11.1. The van der Waals surface area contributed by atoms with Crippen LogP contribution in [0.2, 0.25) is 0 Å². The van der Waals surface area contributed by atoms with E-state index in [0.29, 0.717) is 6.61 Å². The second-order valence-electron chi connectivity index (χ2n) is 4.53.